The average molecular weight is 265 g/mol. The van der Waals surface area contributed by atoms with Crippen molar-refractivity contribution in [2.75, 3.05) is 25.7 Å². The molecule has 0 bridgehead atoms. The van der Waals surface area contributed by atoms with Crippen LogP contribution in [0.25, 0.3) is 0 Å². The van der Waals surface area contributed by atoms with Crippen molar-refractivity contribution < 1.29 is 9.47 Å². The van der Waals surface area contributed by atoms with E-state index in [1.165, 1.54) is 19.3 Å². The monoisotopic (exact) mass is 264 g/mol. The van der Waals surface area contributed by atoms with E-state index in [9.17, 15) is 0 Å². The van der Waals surface area contributed by atoms with Gasteiger partial charge in [0, 0.05) is 31.1 Å². The molecule has 0 saturated carbocycles. The third kappa shape index (κ3) is 2.94. The van der Waals surface area contributed by atoms with E-state index in [-0.39, 0.29) is 0 Å². The smallest absolute Gasteiger partial charge is 0.0612 e. The second-order valence-corrected chi connectivity index (χ2v) is 4.77. The summed E-state index contributed by atoms with van der Waals surface area (Å²) in [4.78, 5) is 0. The molecule has 0 amide bonds. The SMILES string of the molecule is COCCCCC1(CBr)CCOC1C. The standard InChI is InChI=1S/C11H21BrO2/c1-10-11(9-12,6-8-14-10)5-3-4-7-13-2/h10H,3-9H2,1-2H3. The Morgan fingerprint density at radius 1 is 1.50 bits per heavy atom. The van der Waals surface area contributed by atoms with Crippen molar-refractivity contribution in [3.05, 3.63) is 0 Å². The van der Waals surface area contributed by atoms with Gasteiger partial charge in [0.2, 0.25) is 0 Å². The zero-order valence-corrected chi connectivity index (χ0v) is 10.8. The van der Waals surface area contributed by atoms with Gasteiger partial charge in [-0.2, -0.15) is 0 Å². The first-order valence-corrected chi connectivity index (χ1v) is 6.54. The van der Waals surface area contributed by atoms with Crippen molar-refractivity contribution in [1.29, 1.82) is 0 Å². The van der Waals surface area contributed by atoms with E-state index < -0.39 is 0 Å². The van der Waals surface area contributed by atoms with E-state index in [0.29, 0.717) is 11.5 Å². The normalized spacial score (nSPS) is 32.4. The van der Waals surface area contributed by atoms with Crippen LogP contribution >= 0.6 is 15.9 Å². The fraction of sp³-hybridized carbons (Fsp3) is 1.00. The van der Waals surface area contributed by atoms with Gasteiger partial charge in [0.05, 0.1) is 6.10 Å². The number of unbranched alkanes of at least 4 members (excludes halogenated alkanes) is 1. The molecule has 2 nitrogen and oxygen atoms in total. The highest BCUT2D eigenvalue weighted by Gasteiger charge is 2.39. The van der Waals surface area contributed by atoms with Crippen LogP contribution in [0.5, 0.6) is 0 Å². The van der Waals surface area contributed by atoms with Crippen molar-refractivity contribution in [1.82, 2.24) is 0 Å². The van der Waals surface area contributed by atoms with Crippen molar-refractivity contribution in [2.24, 2.45) is 5.41 Å². The van der Waals surface area contributed by atoms with E-state index >= 15 is 0 Å². The van der Waals surface area contributed by atoms with Gasteiger partial charge in [0.15, 0.2) is 0 Å². The van der Waals surface area contributed by atoms with Crippen molar-refractivity contribution in [2.45, 2.75) is 38.7 Å². The average Bonchev–Trinajstić information content (AvgIpc) is 2.56. The first-order chi connectivity index (χ1) is 6.75. The lowest BCUT2D eigenvalue weighted by Gasteiger charge is -2.30. The molecule has 1 heterocycles. The number of alkyl halides is 1. The van der Waals surface area contributed by atoms with Gasteiger partial charge >= 0.3 is 0 Å². The molecule has 0 aromatic carbocycles. The number of ether oxygens (including phenoxy) is 2. The summed E-state index contributed by atoms with van der Waals surface area (Å²) in [6.07, 6.45) is 5.27. The summed E-state index contributed by atoms with van der Waals surface area (Å²) in [5.74, 6) is 0. The lowest BCUT2D eigenvalue weighted by Crippen LogP contribution is -2.30. The minimum absolute atomic E-state index is 0.383. The minimum Gasteiger partial charge on any atom is -0.385 e. The number of halogens is 1. The van der Waals surface area contributed by atoms with Crippen LogP contribution in [0.2, 0.25) is 0 Å². The highest BCUT2D eigenvalue weighted by molar-refractivity contribution is 9.09. The summed E-state index contributed by atoms with van der Waals surface area (Å²) in [7, 11) is 1.77. The van der Waals surface area contributed by atoms with Gasteiger partial charge < -0.3 is 9.47 Å². The van der Waals surface area contributed by atoms with Crippen LogP contribution in [0, 0.1) is 5.41 Å². The Labute approximate surface area is 95.5 Å². The number of hydrogen-bond acceptors (Lipinski definition) is 2. The summed E-state index contributed by atoms with van der Waals surface area (Å²) in [5.41, 5.74) is 0.383. The van der Waals surface area contributed by atoms with E-state index in [1.807, 2.05) is 0 Å². The Balaban J connectivity index is 2.30. The molecule has 0 N–H and O–H groups in total. The van der Waals surface area contributed by atoms with Crippen LogP contribution in [-0.2, 0) is 9.47 Å². The summed E-state index contributed by atoms with van der Waals surface area (Å²) < 4.78 is 10.7. The molecule has 0 aliphatic carbocycles. The van der Waals surface area contributed by atoms with Crippen LogP contribution in [0.3, 0.4) is 0 Å². The van der Waals surface area contributed by atoms with Crippen LogP contribution < -0.4 is 0 Å². The van der Waals surface area contributed by atoms with E-state index in [0.717, 1.165) is 25.0 Å². The zero-order chi connectivity index (χ0) is 10.4. The van der Waals surface area contributed by atoms with Crippen LogP contribution in [-0.4, -0.2) is 31.8 Å². The Morgan fingerprint density at radius 3 is 2.79 bits per heavy atom. The second-order valence-electron chi connectivity index (χ2n) is 4.21. The van der Waals surface area contributed by atoms with Gasteiger partial charge in [-0.3, -0.25) is 0 Å². The molecule has 1 saturated heterocycles. The largest absolute Gasteiger partial charge is 0.385 e. The first kappa shape index (κ1) is 12.5. The Bertz CT molecular complexity index is 163. The fourth-order valence-corrected chi connectivity index (χ4v) is 3.13. The molecule has 0 aromatic heterocycles. The molecule has 3 heteroatoms. The molecule has 0 radical (unpaired) electrons. The Hall–Kier alpha value is 0.400. The third-order valence-corrected chi connectivity index (χ3v) is 4.49. The van der Waals surface area contributed by atoms with Crippen molar-refractivity contribution >= 4 is 15.9 Å². The number of methoxy groups -OCH3 is 1. The van der Waals surface area contributed by atoms with Gasteiger partial charge in [-0.1, -0.05) is 22.4 Å². The van der Waals surface area contributed by atoms with Gasteiger partial charge in [0.1, 0.15) is 0 Å². The zero-order valence-electron chi connectivity index (χ0n) is 9.22. The number of hydrogen-bond donors (Lipinski definition) is 0. The lowest BCUT2D eigenvalue weighted by molar-refractivity contribution is 0.0681. The summed E-state index contributed by atoms with van der Waals surface area (Å²) >= 11 is 3.63. The topological polar surface area (TPSA) is 18.5 Å². The third-order valence-electron chi connectivity index (χ3n) is 3.37. The molecule has 1 aliphatic heterocycles. The highest BCUT2D eigenvalue weighted by Crippen LogP contribution is 2.41. The van der Waals surface area contributed by atoms with Gasteiger partial charge in [-0.25, -0.2) is 0 Å². The molecule has 2 atom stereocenters. The predicted octanol–water partition coefficient (Wildman–Crippen LogP) is 2.99. The van der Waals surface area contributed by atoms with Gasteiger partial charge in [-0.15, -0.1) is 0 Å². The molecule has 14 heavy (non-hydrogen) atoms. The van der Waals surface area contributed by atoms with Gasteiger partial charge in [-0.05, 0) is 26.2 Å². The molecule has 1 aliphatic rings. The fourth-order valence-electron chi connectivity index (χ4n) is 2.11. The molecular weight excluding hydrogens is 244 g/mol. The molecule has 84 valence electrons. The maximum atomic E-state index is 5.66. The maximum absolute atomic E-state index is 5.66. The van der Waals surface area contributed by atoms with Crippen molar-refractivity contribution in [3.63, 3.8) is 0 Å². The molecule has 1 rings (SSSR count). The van der Waals surface area contributed by atoms with E-state index in [1.54, 1.807) is 7.11 Å². The van der Waals surface area contributed by atoms with E-state index in [2.05, 4.69) is 22.9 Å². The maximum Gasteiger partial charge on any atom is 0.0612 e. The summed E-state index contributed by atoms with van der Waals surface area (Å²) in [6.45, 7) is 4.01. The highest BCUT2D eigenvalue weighted by atomic mass is 79.9. The van der Waals surface area contributed by atoms with Crippen molar-refractivity contribution in [3.8, 4) is 0 Å². The predicted molar refractivity (Wildman–Crippen MR) is 62.0 cm³/mol. The van der Waals surface area contributed by atoms with Crippen LogP contribution in [0.15, 0.2) is 0 Å². The Morgan fingerprint density at radius 2 is 2.29 bits per heavy atom. The Kier molecular flexibility index (Phi) is 5.42. The molecule has 1 fully saturated rings. The van der Waals surface area contributed by atoms with E-state index in [4.69, 9.17) is 9.47 Å². The van der Waals surface area contributed by atoms with Gasteiger partial charge in [0.25, 0.3) is 0 Å². The molecular formula is C11H21BrO2. The van der Waals surface area contributed by atoms with Crippen LogP contribution in [0.4, 0.5) is 0 Å². The molecule has 0 aromatic rings. The van der Waals surface area contributed by atoms with Crippen LogP contribution in [0.1, 0.15) is 32.6 Å². The quantitative estimate of drug-likeness (QED) is 0.543. The minimum atomic E-state index is 0.383. The molecule has 0 spiro atoms. The molecule has 2 unspecified atom stereocenters. The number of rotatable bonds is 6. The first-order valence-electron chi connectivity index (χ1n) is 5.42. The summed E-state index contributed by atoms with van der Waals surface area (Å²) in [5, 5.41) is 1.06. The lowest BCUT2D eigenvalue weighted by atomic mass is 9.79. The second kappa shape index (κ2) is 6.09. The summed E-state index contributed by atoms with van der Waals surface area (Å²) in [6, 6.07) is 0.